The average Bonchev–Trinajstić information content (AvgIpc) is 2.75. The minimum Gasteiger partial charge on any atom is -0.339 e. The van der Waals surface area contributed by atoms with Crippen LogP contribution in [0.1, 0.15) is 28.4 Å². The van der Waals surface area contributed by atoms with E-state index in [1.807, 2.05) is 67.6 Å². The maximum absolute atomic E-state index is 14.4. The van der Waals surface area contributed by atoms with Crippen LogP contribution in [0.5, 0.6) is 0 Å². The molecule has 1 amide bonds. The minimum atomic E-state index is -3.82. The molecule has 5 nitrogen and oxygen atoms in total. The molecule has 0 spiro atoms. The van der Waals surface area contributed by atoms with E-state index in [0.717, 1.165) is 29.3 Å². The molecule has 0 heterocycles. The third-order valence-corrected chi connectivity index (χ3v) is 6.24. The van der Waals surface area contributed by atoms with E-state index in [1.165, 1.54) is 7.05 Å². The van der Waals surface area contributed by atoms with Crippen LogP contribution >= 0.6 is 0 Å². The maximum Gasteiger partial charge on any atom is 0.255 e. The zero-order valence-corrected chi connectivity index (χ0v) is 16.8. The molecule has 0 bridgehead atoms. The van der Waals surface area contributed by atoms with Crippen LogP contribution in [0.4, 0.5) is 4.39 Å². The van der Waals surface area contributed by atoms with E-state index < -0.39 is 27.3 Å². The zero-order valence-electron chi connectivity index (χ0n) is 16.0. The fourth-order valence-electron chi connectivity index (χ4n) is 3.11. The summed E-state index contributed by atoms with van der Waals surface area (Å²) in [7, 11) is -2.57. The highest BCUT2D eigenvalue weighted by Crippen LogP contribution is 2.30. The second-order valence-corrected chi connectivity index (χ2v) is 8.55. The third-order valence-electron chi connectivity index (χ3n) is 4.83. The second kappa shape index (κ2) is 8.14. The van der Waals surface area contributed by atoms with Crippen molar-refractivity contribution in [1.82, 2.24) is 10.0 Å². The van der Waals surface area contributed by atoms with Crippen LogP contribution in [0.2, 0.25) is 0 Å². The van der Waals surface area contributed by atoms with Gasteiger partial charge in [-0.05, 0) is 43.3 Å². The van der Waals surface area contributed by atoms with Gasteiger partial charge in [0.25, 0.3) is 5.91 Å². The van der Waals surface area contributed by atoms with Crippen molar-refractivity contribution in [2.24, 2.45) is 0 Å². The number of carbonyl (C=O) groups is 1. The predicted molar refractivity (Wildman–Crippen MR) is 109 cm³/mol. The van der Waals surface area contributed by atoms with Gasteiger partial charge in [0.15, 0.2) is 0 Å². The summed E-state index contributed by atoms with van der Waals surface area (Å²) >= 11 is 0. The summed E-state index contributed by atoms with van der Waals surface area (Å²) in [5.41, 5.74) is 0.307. The number of carbonyl (C=O) groups excluding carboxylic acids is 1. The smallest absolute Gasteiger partial charge is 0.255 e. The molecule has 7 heteroatoms. The summed E-state index contributed by atoms with van der Waals surface area (Å²) < 4.78 is 40.7. The van der Waals surface area contributed by atoms with Gasteiger partial charge in [-0.1, -0.05) is 60.7 Å². The number of hydrogen-bond acceptors (Lipinski definition) is 3. The molecule has 3 rings (SSSR count). The van der Waals surface area contributed by atoms with Gasteiger partial charge in [-0.2, -0.15) is 0 Å². The molecule has 3 aromatic rings. The maximum atomic E-state index is 14.4. The number of sulfonamides is 1. The largest absolute Gasteiger partial charge is 0.339 e. The van der Waals surface area contributed by atoms with E-state index in [1.54, 1.807) is 0 Å². The molecule has 0 saturated heterocycles. The molecule has 0 radical (unpaired) electrons. The van der Waals surface area contributed by atoms with Crippen LogP contribution in [0.25, 0.3) is 0 Å². The minimum absolute atomic E-state index is 0.187. The Morgan fingerprint density at radius 2 is 1.41 bits per heavy atom. The van der Waals surface area contributed by atoms with Gasteiger partial charge < -0.3 is 5.32 Å². The molecule has 0 fully saturated rings. The predicted octanol–water partition coefficient (Wildman–Crippen LogP) is 3.43. The van der Waals surface area contributed by atoms with Crippen molar-refractivity contribution < 1.29 is 17.6 Å². The van der Waals surface area contributed by atoms with Crippen molar-refractivity contribution in [3.63, 3.8) is 0 Å². The van der Waals surface area contributed by atoms with Crippen LogP contribution in [0.15, 0.2) is 83.8 Å². The lowest BCUT2D eigenvalue weighted by atomic mass is 9.84. The standard InChI is InChI=1S/C22H21FN2O3S/c1-22(16-9-5-3-6-10-16,17-11-7-4-8-12-17)25-21(26)19-15-18(13-14-20(19)23)29(27,28)24-2/h3-15,24H,1-2H3,(H,25,26). The summed E-state index contributed by atoms with van der Waals surface area (Å²) in [5.74, 6) is -1.52. The van der Waals surface area contributed by atoms with E-state index >= 15 is 0 Å². The van der Waals surface area contributed by atoms with Crippen molar-refractivity contribution in [2.75, 3.05) is 7.05 Å². The van der Waals surface area contributed by atoms with Crippen LogP contribution in [0.3, 0.4) is 0 Å². The van der Waals surface area contributed by atoms with E-state index in [2.05, 4.69) is 10.0 Å². The summed E-state index contributed by atoms with van der Waals surface area (Å²) in [6, 6.07) is 21.7. The quantitative estimate of drug-likeness (QED) is 0.651. The molecule has 0 aliphatic rings. The first kappa shape index (κ1) is 20.7. The number of hydrogen-bond donors (Lipinski definition) is 2. The van der Waals surface area contributed by atoms with Gasteiger partial charge in [-0.25, -0.2) is 17.5 Å². The Labute approximate surface area is 169 Å². The molecule has 0 aliphatic carbocycles. The molecule has 0 unspecified atom stereocenters. The molecule has 0 aliphatic heterocycles. The van der Waals surface area contributed by atoms with Gasteiger partial charge in [0.05, 0.1) is 16.0 Å². The summed E-state index contributed by atoms with van der Waals surface area (Å²) in [6.45, 7) is 1.82. The normalized spacial score (nSPS) is 11.8. The highest BCUT2D eigenvalue weighted by molar-refractivity contribution is 7.89. The topological polar surface area (TPSA) is 75.3 Å². The van der Waals surface area contributed by atoms with E-state index in [-0.39, 0.29) is 10.5 Å². The van der Waals surface area contributed by atoms with Crippen molar-refractivity contribution in [3.8, 4) is 0 Å². The van der Waals surface area contributed by atoms with Gasteiger partial charge in [-0.15, -0.1) is 0 Å². The first-order valence-corrected chi connectivity index (χ1v) is 10.4. The number of rotatable bonds is 6. The zero-order chi connectivity index (χ0) is 21.1. The van der Waals surface area contributed by atoms with Gasteiger partial charge in [0.1, 0.15) is 5.82 Å². The Balaban J connectivity index is 2.06. The Bertz CT molecular complexity index is 1080. The molecular weight excluding hydrogens is 391 g/mol. The van der Waals surface area contributed by atoms with Gasteiger partial charge in [0, 0.05) is 0 Å². The Morgan fingerprint density at radius 3 is 1.90 bits per heavy atom. The first-order chi connectivity index (χ1) is 13.8. The molecule has 0 atom stereocenters. The molecular formula is C22H21FN2O3S. The molecule has 3 aromatic carbocycles. The Kier molecular flexibility index (Phi) is 5.81. The SMILES string of the molecule is CNS(=O)(=O)c1ccc(F)c(C(=O)NC(C)(c2ccccc2)c2ccccc2)c1. The third kappa shape index (κ3) is 4.21. The number of halogens is 1. The van der Waals surface area contributed by atoms with Crippen molar-refractivity contribution in [1.29, 1.82) is 0 Å². The Hall–Kier alpha value is -3.03. The Morgan fingerprint density at radius 1 is 0.897 bits per heavy atom. The monoisotopic (exact) mass is 412 g/mol. The number of amides is 1. The number of benzene rings is 3. The fourth-order valence-corrected chi connectivity index (χ4v) is 3.87. The van der Waals surface area contributed by atoms with Crippen molar-refractivity contribution in [2.45, 2.75) is 17.4 Å². The average molecular weight is 412 g/mol. The first-order valence-electron chi connectivity index (χ1n) is 8.94. The second-order valence-electron chi connectivity index (χ2n) is 6.66. The highest BCUT2D eigenvalue weighted by atomic mass is 32.2. The van der Waals surface area contributed by atoms with Crippen LogP contribution in [-0.2, 0) is 15.6 Å². The van der Waals surface area contributed by atoms with Gasteiger partial charge >= 0.3 is 0 Å². The lowest BCUT2D eigenvalue weighted by Gasteiger charge is -2.32. The molecule has 2 N–H and O–H groups in total. The summed E-state index contributed by atoms with van der Waals surface area (Å²) in [6.07, 6.45) is 0. The summed E-state index contributed by atoms with van der Waals surface area (Å²) in [4.78, 5) is 12.8. The van der Waals surface area contributed by atoms with Gasteiger partial charge in [-0.3, -0.25) is 4.79 Å². The molecule has 0 aromatic heterocycles. The van der Waals surface area contributed by atoms with Crippen LogP contribution in [-0.4, -0.2) is 21.4 Å². The lowest BCUT2D eigenvalue weighted by molar-refractivity contribution is 0.0914. The molecule has 150 valence electrons. The summed E-state index contributed by atoms with van der Waals surface area (Å²) in [5, 5.41) is 2.89. The van der Waals surface area contributed by atoms with E-state index in [9.17, 15) is 17.6 Å². The van der Waals surface area contributed by atoms with Crippen molar-refractivity contribution >= 4 is 15.9 Å². The van der Waals surface area contributed by atoms with Crippen LogP contribution < -0.4 is 10.0 Å². The highest BCUT2D eigenvalue weighted by Gasteiger charge is 2.32. The van der Waals surface area contributed by atoms with E-state index in [0.29, 0.717) is 0 Å². The molecule has 29 heavy (non-hydrogen) atoms. The lowest BCUT2D eigenvalue weighted by Crippen LogP contribution is -2.44. The number of nitrogens with one attached hydrogen (secondary N) is 2. The van der Waals surface area contributed by atoms with Crippen LogP contribution in [0, 0.1) is 5.82 Å². The van der Waals surface area contributed by atoms with Gasteiger partial charge in [0.2, 0.25) is 10.0 Å². The van der Waals surface area contributed by atoms with Crippen molar-refractivity contribution in [3.05, 3.63) is 101 Å². The van der Waals surface area contributed by atoms with E-state index in [4.69, 9.17) is 0 Å². The fraction of sp³-hybridized carbons (Fsp3) is 0.136. The molecule has 0 saturated carbocycles.